The first-order chi connectivity index (χ1) is 13.3. The van der Waals surface area contributed by atoms with Crippen LogP contribution in [0.1, 0.15) is 64.7 Å². The van der Waals surface area contributed by atoms with E-state index in [0.717, 1.165) is 56.9 Å². The maximum absolute atomic E-state index is 12.4. The molecule has 1 heterocycles. The van der Waals surface area contributed by atoms with E-state index in [4.69, 9.17) is 4.74 Å². The fourth-order valence-electron chi connectivity index (χ4n) is 8.31. The summed E-state index contributed by atoms with van der Waals surface area (Å²) >= 11 is 0. The highest BCUT2D eigenvalue weighted by Crippen LogP contribution is 2.69. The molecule has 0 aromatic carbocycles. The van der Waals surface area contributed by atoms with Gasteiger partial charge in [0.05, 0.1) is 11.7 Å². The number of rotatable bonds is 2. The molecule has 4 aliphatic carbocycles. The van der Waals surface area contributed by atoms with Crippen LogP contribution >= 0.6 is 0 Å². The fourth-order valence-corrected chi connectivity index (χ4v) is 8.31. The van der Waals surface area contributed by atoms with Crippen LogP contribution in [0.3, 0.4) is 0 Å². The summed E-state index contributed by atoms with van der Waals surface area (Å²) in [4.78, 5) is 24.1. The first-order valence-electron chi connectivity index (χ1n) is 11.1. The highest BCUT2D eigenvalue weighted by Gasteiger charge is 2.68. The standard InChI is InChI=1S/C23H32O5/c1-21-7-5-18-19(3-2-15-11-16(25)4-8-22(15,18)13-24)23(21,27)9-6-17(21)14-10-20(26)28-12-14/h10,13,15-19,25,27H,2-9,11-12H2,1H3/t15-,16-,17+,18-,19-,21+,22+,23-/m0/s1. The molecule has 5 aliphatic rings. The first kappa shape index (κ1) is 18.8. The van der Waals surface area contributed by atoms with E-state index >= 15 is 0 Å². The summed E-state index contributed by atoms with van der Waals surface area (Å²) < 4.78 is 5.17. The average Bonchev–Trinajstić information content (AvgIpc) is 3.22. The van der Waals surface area contributed by atoms with Gasteiger partial charge >= 0.3 is 5.97 Å². The van der Waals surface area contributed by atoms with Gasteiger partial charge in [0.1, 0.15) is 12.9 Å². The van der Waals surface area contributed by atoms with Crippen molar-refractivity contribution in [3.8, 4) is 0 Å². The molecule has 0 radical (unpaired) electrons. The maximum atomic E-state index is 12.4. The Morgan fingerprint density at radius 2 is 1.93 bits per heavy atom. The number of cyclic esters (lactones) is 1. The van der Waals surface area contributed by atoms with Gasteiger partial charge in [0.15, 0.2) is 0 Å². The zero-order valence-electron chi connectivity index (χ0n) is 16.7. The Bertz CT molecular complexity index is 731. The van der Waals surface area contributed by atoms with Crippen molar-refractivity contribution >= 4 is 12.3 Å². The zero-order valence-corrected chi connectivity index (χ0v) is 16.7. The molecule has 5 heteroatoms. The second-order valence-corrected chi connectivity index (χ2v) is 10.4. The second kappa shape index (κ2) is 6.15. The van der Waals surface area contributed by atoms with Crippen LogP contribution in [0, 0.1) is 34.5 Å². The van der Waals surface area contributed by atoms with Gasteiger partial charge in [-0.1, -0.05) is 6.92 Å². The van der Waals surface area contributed by atoms with Crippen molar-refractivity contribution in [3.05, 3.63) is 11.6 Å². The Morgan fingerprint density at radius 3 is 2.64 bits per heavy atom. The number of hydrogen-bond acceptors (Lipinski definition) is 5. The van der Waals surface area contributed by atoms with Crippen molar-refractivity contribution in [1.82, 2.24) is 0 Å². The highest BCUT2D eigenvalue weighted by atomic mass is 16.5. The molecule has 0 aromatic heterocycles. The quantitative estimate of drug-likeness (QED) is 0.561. The second-order valence-electron chi connectivity index (χ2n) is 10.4. The van der Waals surface area contributed by atoms with Gasteiger partial charge in [-0.05, 0) is 87.0 Å². The molecule has 2 N–H and O–H groups in total. The van der Waals surface area contributed by atoms with Gasteiger partial charge in [-0.15, -0.1) is 0 Å². The lowest BCUT2D eigenvalue weighted by molar-refractivity contribution is -0.207. The minimum Gasteiger partial charge on any atom is -0.458 e. The number of esters is 1. The van der Waals surface area contributed by atoms with Crippen molar-refractivity contribution in [2.24, 2.45) is 34.5 Å². The molecule has 5 rings (SSSR count). The topological polar surface area (TPSA) is 83.8 Å². The molecule has 0 amide bonds. The summed E-state index contributed by atoms with van der Waals surface area (Å²) in [5.74, 6) is 0.519. The Labute approximate surface area is 166 Å². The molecule has 0 aromatic rings. The molecule has 4 saturated carbocycles. The van der Waals surface area contributed by atoms with E-state index in [0.29, 0.717) is 13.0 Å². The number of aliphatic hydroxyl groups excluding tert-OH is 1. The summed E-state index contributed by atoms with van der Waals surface area (Å²) in [6.07, 6.45) is 10.1. The summed E-state index contributed by atoms with van der Waals surface area (Å²) in [6.45, 7) is 2.57. The van der Waals surface area contributed by atoms with E-state index in [2.05, 4.69) is 6.92 Å². The van der Waals surface area contributed by atoms with E-state index in [1.165, 1.54) is 6.29 Å². The van der Waals surface area contributed by atoms with Crippen molar-refractivity contribution < 1.29 is 24.5 Å². The van der Waals surface area contributed by atoms with Crippen molar-refractivity contribution in [1.29, 1.82) is 0 Å². The predicted octanol–water partition coefficient (Wildman–Crippen LogP) is 2.78. The summed E-state index contributed by atoms with van der Waals surface area (Å²) in [5, 5.41) is 22.3. The van der Waals surface area contributed by atoms with Crippen LogP contribution in [0.5, 0.6) is 0 Å². The van der Waals surface area contributed by atoms with E-state index < -0.39 is 5.60 Å². The van der Waals surface area contributed by atoms with E-state index in [-0.39, 0.29) is 46.6 Å². The Hall–Kier alpha value is -1.20. The minimum absolute atomic E-state index is 0.131. The fraction of sp³-hybridized carbons (Fsp3) is 0.826. The molecule has 4 fully saturated rings. The lowest BCUT2D eigenvalue weighted by Crippen LogP contribution is -2.63. The predicted molar refractivity (Wildman–Crippen MR) is 102 cm³/mol. The van der Waals surface area contributed by atoms with Gasteiger partial charge in [0, 0.05) is 16.9 Å². The molecule has 154 valence electrons. The zero-order chi connectivity index (χ0) is 19.7. The van der Waals surface area contributed by atoms with Crippen LogP contribution in [-0.4, -0.2) is 40.8 Å². The third-order valence-electron chi connectivity index (χ3n) is 9.74. The highest BCUT2D eigenvalue weighted by molar-refractivity contribution is 5.85. The smallest absolute Gasteiger partial charge is 0.331 e. The van der Waals surface area contributed by atoms with Crippen LogP contribution in [0.15, 0.2) is 11.6 Å². The van der Waals surface area contributed by atoms with Gasteiger partial charge in [0.25, 0.3) is 0 Å². The van der Waals surface area contributed by atoms with Crippen LogP contribution in [-0.2, 0) is 14.3 Å². The normalized spacial score (nSPS) is 52.9. The van der Waals surface area contributed by atoms with E-state index in [1.54, 1.807) is 6.08 Å². The number of aldehydes is 1. The van der Waals surface area contributed by atoms with Crippen LogP contribution in [0.2, 0.25) is 0 Å². The number of carbonyl (C=O) groups excluding carboxylic acids is 2. The lowest BCUT2D eigenvalue weighted by atomic mass is 9.43. The number of ether oxygens (including phenoxy) is 1. The van der Waals surface area contributed by atoms with Gasteiger partial charge in [-0.25, -0.2) is 4.79 Å². The Morgan fingerprint density at radius 1 is 1.11 bits per heavy atom. The van der Waals surface area contributed by atoms with Gasteiger partial charge in [-0.2, -0.15) is 0 Å². The largest absolute Gasteiger partial charge is 0.458 e. The summed E-state index contributed by atoms with van der Waals surface area (Å²) in [6, 6.07) is 0. The minimum atomic E-state index is -0.788. The number of fused-ring (bicyclic) bond motifs is 5. The van der Waals surface area contributed by atoms with Gasteiger partial charge < -0.3 is 19.7 Å². The maximum Gasteiger partial charge on any atom is 0.331 e. The van der Waals surface area contributed by atoms with Crippen LogP contribution in [0.25, 0.3) is 0 Å². The van der Waals surface area contributed by atoms with Crippen LogP contribution < -0.4 is 0 Å². The van der Waals surface area contributed by atoms with E-state index in [1.807, 2.05) is 0 Å². The Balaban J connectivity index is 1.49. The number of aliphatic hydroxyl groups is 2. The number of carbonyl (C=O) groups is 2. The van der Waals surface area contributed by atoms with Crippen LogP contribution in [0.4, 0.5) is 0 Å². The first-order valence-corrected chi connectivity index (χ1v) is 11.1. The summed E-state index contributed by atoms with van der Waals surface area (Å²) in [7, 11) is 0. The summed E-state index contributed by atoms with van der Waals surface area (Å²) in [5.41, 5.74) is -0.381. The third kappa shape index (κ3) is 2.26. The SMILES string of the molecule is C[C@]12CC[C@H]3[C@H](CC[C@H]4C[C@@H](O)CC[C@@]43C=O)[C@@]1(O)CC[C@@H]2C1=CC(=O)OC1. The third-order valence-corrected chi connectivity index (χ3v) is 9.74. The van der Waals surface area contributed by atoms with Crippen molar-refractivity contribution in [2.45, 2.75) is 76.4 Å². The van der Waals surface area contributed by atoms with Gasteiger partial charge in [-0.3, -0.25) is 0 Å². The molecular formula is C23H32O5. The lowest BCUT2D eigenvalue weighted by Gasteiger charge is -2.62. The molecule has 0 saturated heterocycles. The number of hydrogen-bond donors (Lipinski definition) is 2. The van der Waals surface area contributed by atoms with Crippen molar-refractivity contribution in [3.63, 3.8) is 0 Å². The van der Waals surface area contributed by atoms with E-state index in [9.17, 15) is 19.8 Å². The molecule has 28 heavy (non-hydrogen) atoms. The Kier molecular flexibility index (Phi) is 4.13. The monoisotopic (exact) mass is 388 g/mol. The molecule has 0 bridgehead atoms. The average molecular weight is 389 g/mol. The molecule has 8 atom stereocenters. The molecular weight excluding hydrogens is 356 g/mol. The molecule has 1 aliphatic heterocycles. The molecule has 0 unspecified atom stereocenters. The molecule has 5 nitrogen and oxygen atoms in total. The van der Waals surface area contributed by atoms with Gasteiger partial charge in [0.2, 0.25) is 0 Å². The van der Waals surface area contributed by atoms with Crippen molar-refractivity contribution in [2.75, 3.05) is 6.61 Å². The molecule has 0 spiro atoms.